The largest absolute Gasteiger partial charge is 0.326 e. The number of nitrogens with zero attached hydrogens (tertiary/aromatic N) is 1. The quantitative estimate of drug-likeness (QED) is 0.858. The van der Waals surface area contributed by atoms with E-state index in [1.165, 1.54) is 17.7 Å². The predicted octanol–water partition coefficient (Wildman–Crippen LogP) is 3.89. The van der Waals surface area contributed by atoms with Gasteiger partial charge in [0.05, 0.1) is 0 Å². The van der Waals surface area contributed by atoms with Crippen LogP contribution in [-0.4, -0.2) is 30.3 Å². The normalized spacial score (nSPS) is 15.3. The van der Waals surface area contributed by atoms with Crippen molar-refractivity contribution in [2.45, 2.75) is 26.3 Å². The van der Waals surface area contributed by atoms with E-state index in [1.54, 1.807) is 12.1 Å². The van der Waals surface area contributed by atoms with Crippen LogP contribution < -0.4 is 5.73 Å². The highest BCUT2D eigenvalue weighted by atomic mass is 19.1. The van der Waals surface area contributed by atoms with E-state index in [4.69, 9.17) is 5.73 Å². The first-order chi connectivity index (χ1) is 12.1. The lowest BCUT2D eigenvalue weighted by molar-refractivity contribution is 0.0844. The summed E-state index contributed by atoms with van der Waals surface area (Å²) in [5.74, 6) is -0.00799. The minimum atomic E-state index is -0.289. The Kier molecular flexibility index (Phi) is 7.76. The zero-order valence-electron chi connectivity index (χ0n) is 14.8. The fraction of sp³-hybridized carbons (Fsp3) is 0.381. The van der Waals surface area contributed by atoms with Crippen LogP contribution >= 0.6 is 0 Å². The van der Waals surface area contributed by atoms with Crippen molar-refractivity contribution < 1.29 is 9.18 Å². The van der Waals surface area contributed by atoms with Crippen LogP contribution in [0.4, 0.5) is 4.39 Å². The first kappa shape index (κ1) is 19.3. The monoisotopic (exact) mass is 342 g/mol. The molecule has 2 aromatic carbocycles. The van der Waals surface area contributed by atoms with Crippen LogP contribution in [0.2, 0.25) is 0 Å². The number of carbonyl (C=O) groups is 1. The minimum Gasteiger partial charge on any atom is -0.326 e. The molecule has 25 heavy (non-hydrogen) atoms. The Morgan fingerprint density at radius 2 is 1.68 bits per heavy atom. The molecular formula is C21H27FN2O. The van der Waals surface area contributed by atoms with Crippen LogP contribution in [0.3, 0.4) is 0 Å². The summed E-state index contributed by atoms with van der Waals surface area (Å²) in [6, 6.07) is 15.9. The van der Waals surface area contributed by atoms with Gasteiger partial charge in [0.2, 0.25) is 0 Å². The van der Waals surface area contributed by atoms with Crippen molar-refractivity contribution in [1.29, 1.82) is 0 Å². The zero-order chi connectivity index (χ0) is 18.1. The van der Waals surface area contributed by atoms with Crippen LogP contribution in [0.15, 0.2) is 54.6 Å². The van der Waals surface area contributed by atoms with Crippen LogP contribution in [0.1, 0.15) is 35.7 Å². The predicted molar refractivity (Wildman–Crippen MR) is 99.9 cm³/mol. The van der Waals surface area contributed by atoms with Crippen molar-refractivity contribution >= 4 is 5.78 Å². The van der Waals surface area contributed by atoms with Gasteiger partial charge in [-0.15, -0.1) is 0 Å². The number of nitrogens with two attached hydrogens (primary N) is 1. The first-order valence-electron chi connectivity index (χ1n) is 8.90. The maximum atomic E-state index is 12.8. The summed E-state index contributed by atoms with van der Waals surface area (Å²) in [7, 11) is 0. The van der Waals surface area contributed by atoms with Crippen molar-refractivity contribution in [2.24, 2.45) is 11.7 Å². The molecule has 0 aromatic heterocycles. The average molecular weight is 342 g/mol. The zero-order valence-corrected chi connectivity index (χ0v) is 14.8. The van der Waals surface area contributed by atoms with Gasteiger partial charge >= 0.3 is 0 Å². The fourth-order valence-electron chi connectivity index (χ4n) is 2.98. The standard InChI is InChI=1S/C14H18FNO.C7H9N/c1-2-16-9-7-12(8-10-16)14(17)11-3-5-13(15)6-4-11;8-6-7-4-2-1-3-5-7/h3-6,12H,2,7-10H2,1H3;1-5H,6,8H2. The number of benzene rings is 2. The molecule has 3 nitrogen and oxygen atoms in total. The highest BCUT2D eigenvalue weighted by molar-refractivity contribution is 5.97. The summed E-state index contributed by atoms with van der Waals surface area (Å²) in [5, 5.41) is 0. The minimum absolute atomic E-state index is 0.114. The molecule has 4 heteroatoms. The molecule has 134 valence electrons. The molecule has 0 bridgehead atoms. The van der Waals surface area contributed by atoms with E-state index in [0.29, 0.717) is 12.1 Å². The number of Topliss-reactive ketones (excluding diaryl/α,β-unsaturated/α-hetero) is 1. The number of hydrogen-bond donors (Lipinski definition) is 1. The van der Waals surface area contributed by atoms with Gasteiger partial charge in [-0.1, -0.05) is 37.3 Å². The van der Waals surface area contributed by atoms with Crippen molar-refractivity contribution in [2.75, 3.05) is 19.6 Å². The lowest BCUT2D eigenvalue weighted by Gasteiger charge is -2.30. The fourth-order valence-corrected chi connectivity index (χ4v) is 2.98. The summed E-state index contributed by atoms with van der Waals surface area (Å²) in [6.45, 7) is 5.82. The number of hydrogen-bond acceptors (Lipinski definition) is 3. The molecule has 0 radical (unpaired) electrons. The second-order valence-corrected chi connectivity index (χ2v) is 6.27. The second kappa shape index (κ2) is 10.1. The van der Waals surface area contributed by atoms with Crippen LogP contribution in [-0.2, 0) is 6.54 Å². The third-order valence-corrected chi connectivity index (χ3v) is 4.61. The van der Waals surface area contributed by atoms with Gasteiger partial charge in [-0.05, 0) is 62.3 Å². The Morgan fingerprint density at radius 1 is 1.08 bits per heavy atom. The molecule has 0 unspecified atom stereocenters. The van der Waals surface area contributed by atoms with Gasteiger partial charge < -0.3 is 10.6 Å². The Bertz CT molecular complexity index is 635. The average Bonchev–Trinajstić information content (AvgIpc) is 2.69. The molecule has 0 atom stereocenters. The smallest absolute Gasteiger partial charge is 0.166 e. The number of carbonyl (C=O) groups excluding carboxylic acids is 1. The lowest BCUT2D eigenvalue weighted by atomic mass is 9.89. The maximum absolute atomic E-state index is 12.8. The first-order valence-corrected chi connectivity index (χ1v) is 8.90. The van der Waals surface area contributed by atoms with Gasteiger partial charge in [-0.3, -0.25) is 4.79 Å². The van der Waals surface area contributed by atoms with Gasteiger partial charge in [0, 0.05) is 18.0 Å². The summed E-state index contributed by atoms with van der Waals surface area (Å²) in [6.07, 6.45) is 1.84. The molecule has 2 N–H and O–H groups in total. The summed E-state index contributed by atoms with van der Waals surface area (Å²) in [5.41, 5.74) is 7.18. The number of halogens is 1. The van der Waals surface area contributed by atoms with E-state index in [0.717, 1.165) is 32.5 Å². The molecular weight excluding hydrogens is 315 g/mol. The number of ketones is 1. The molecule has 1 aliphatic heterocycles. The van der Waals surface area contributed by atoms with E-state index in [9.17, 15) is 9.18 Å². The topological polar surface area (TPSA) is 46.3 Å². The maximum Gasteiger partial charge on any atom is 0.166 e. The molecule has 1 aliphatic rings. The van der Waals surface area contributed by atoms with Gasteiger partial charge in [0.1, 0.15) is 5.82 Å². The van der Waals surface area contributed by atoms with Crippen LogP contribution in [0.5, 0.6) is 0 Å². The van der Waals surface area contributed by atoms with Gasteiger partial charge in [0.25, 0.3) is 0 Å². The summed E-state index contributed by atoms with van der Waals surface area (Å²) >= 11 is 0. The summed E-state index contributed by atoms with van der Waals surface area (Å²) < 4.78 is 12.8. The highest BCUT2D eigenvalue weighted by Gasteiger charge is 2.24. The molecule has 0 spiro atoms. The van der Waals surface area contributed by atoms with E-state index >= 15 is 0 Å². The molecule has 0 amide bonds. The number of rotatable bonds is 4. The lowest BCUT2D eigenvalue weighted by Crippen LogP contribution is -2.36. The van der Waals surface area contributed by atoms with E-state index in [2.05, 4.69) is 11.8 Å². The molecule has 0 aliphatic carbocycles. The van der Waals surface area contributed by atoms with Gasteiger partial charge in [0.15, 0.2) is 5.78 Å². The SMILES string of the molecule is CCN1CCC(C(=O)c2ccc(F)cc2)CC1.NCc1ccccc1. The Morgan fingerprint density at radius 3 is 2.16 bits per heavy atom. The van der Waals surface area contributed by atoms with Crippen molar-refractivity contribution in [3.05, 3.63) is 71.5 Å². The molecule has 0 saturated carbocycles. The van der Waals surface area contributed by atoms with E-state index in [-0.39, 0.29) is 17.5 Å². The molecule has 1 heterocycles. The van der Waals surface area contributed by atoms with Gasteiger partial charge in [-0.25, -0.2) is 4.39 Å². The number of likely N-dealkylation sites (tertiary alicyclic amines) is 1. The van der Waals surface area contributed by atoms with Crippen LogP contribution in [0.25, 0.3) is 0 Å². The molecule has 2 aromatic rings. The molecule has 3 rings (SSSR count). The highest BCUT2D eigenvalue weighted by Crippen LogP contribution is 2.21. The molecule has 1 saturated heterocycles. The second-order valence-electron chi connectivity index (χ2n) is 6.27. The van der Waals surface area contributed by atoms with Gasteiger partial charge in [-0.2, -0.15) is 0 Å². The van der Waals surface area contributed by atoms with Crippen molar-refractivity contribution in [1.82, 2.24) is 4.90 Å². The van der Waals surface area contributed by atoms with E-state index in [1.807, 2.05) is 30.3 Å². The Balaban J connectivity index is 0.000000236. The van der Waals surface area contributed by atoms with Crippen molar-refractivity contribution in [3.8, 4) is 0 Å². The molecule has 1 fully saturated rings. The Hall–Kier alpha value is -2.04. The third-order valence-electron chi connectivity index (χ3n) is 4.61. The third kappa shape index (κ3) is 6.07. The van der Waals surface area contributed by atoms with Crippen molar-refractivity contribution in [3.63, 3.8) is 0 Å². The van der Waals surface area contributed by atoms with Crippen LogP contribution in [0, 0.1) is 11.7 Å². The number of piperidine rings is 1. The van der Waals surface area contributed by atoms with E-state index < -0.39 is 0 Å². The Labute approximate surface area is 149 Å². The summed E-state index contributed by atoms with van der Waals surface area (Å²) in [4.78, 5) is 14.5.